The van der Waals surface area contributed by atoms with Crippen LogP contribution in [-0.4, -0.2) is 44.1 Å². The first kappa shape index (κ1) is 17.9. The lowest BCUT2D eigenvalue weighted by molar-refractivity contribution is 0.0795. The molecule has 1 N–H and O–H groups in total. The largest absolute Gasteiger partial charge is 0.475 e. The lowest BCUT2D eigenvalue weighted by Crippen LogP contribution is -2.35. The van der Waals surface area contributed by atoms with E-state index in [1.807, 2.05) is 18.2 Å². The molecule has 5 heteroatoms. The van der Waals surface area contributed by atoms with E-state index in [0.29, 0.717) is 25.7 Å². The Bertz CT molecular complexity index is 391. The Morgan fingerprint density at radius 3 is 2.62 bits per heavy atom. The number of nitrogens with zero attached hydrogens (tertiary/aromatic N) is 1. The van der Waals surface area contributed by atoms with Gasteiger partial charge in [0.15, 0.2) is 0 Å². The molecule has 0 fully saturated rings. The summed E-state index contributed by atoms with van der Waals surface area (Å²) in [4.78, 5) is 4.46. The fraction of sp³-hybridized carbons (Fsp3) is 0.688. The van der Waals surface area contributed by atoms with Crippen molar-refractivity contribution in [2.45, 2.75) is 39.3 Å². The topological polar surface area (TPSA) is 52.6 Å². The second kappa shape index (κ2) is 9.71. The van der Waals surface area contributed by atoms with Gasteiger partial charge in [-0.1, -0.05) is 6.07 Å². The Hall–Kier alpha value is -1.17. The SMILES string of the molecule is COCCCOCCOc1cccc(CNC(C)(C)C)n1. The van der Waals surface area contributed by atoms with Crippen molar-refractivity contribution in [3.05, 3.63) is 23.9 Å². The monoisotopic (exact) mass is 296 g/mol. The lowest BCUT2D eigenvalue weighted by atomic mass is 10.1. The summed E-state index contributed by atoms with van der Waals surface area (Å²) in [5.74, 6) is 0.642. The number of rotatable bonds is 10. The second-order valence-electron chi connectivity index (χ2n) is 5.88. The highest BCUT2D eigenvalue weighted by molar-refractivity contribution is 5.15. The predicted molar refractivity (Wildman–Crippen MR) is 83.6 cm³/mol. The highest BCUT2D eigenvalue weighted by atomic mass is 16.5. The molecule has 120 valence electrons. The zero-order chi connectivity index (χ0) is 15.6. The van der Waals surface area contributed by atoms with E-state index in [9.17, 15) is 0 Å². The summed E-state index contributed by atoms with van der Waals surface area (Å²) in [6, 6.07) is 5.82. The van der Waals surface area contributed by atoms with Gasteiger partial charge in [-0.05, 0) is 33.3 Å². The Morgan fingerprint density at radius 1 is 1.10 bits per heavy atom. The molecular weight excluding hydrogens is 268 g/mol. The van der Waals surface area contributed by atoms with Crippen LogP contribution < -0.4 is 10.1 Å². The summed E-state index contributed by atoms with van der Waals surface area (Å²) in [6.45, 7) is 9.63. The van der Waals surface area contributed by atoms with Crippen molar-refractivity contribution in [2.75, 3.05) is 33.5 Å². The standard InChI is InChI=1S/C16H28N2O3/c1-16(2,3)17-13-14-7-5-8-15(18-14)21-12-11-20-10-6-9-19-4/h5,7-8,17H,6,9-13H2,1-4H3. The van der Waals surface area contributed by atoms with E-state index >= 15 is 0 Å². The van der Waals surface area contributed by atoms with E-state index in [4.69, 9.17) is 14.2 Å². The molecule has 5 nitrogen and oxygen atoms in total. The van der Waals surface area contributed by atoms with Crippen LogP contribution in [0, 0.1) is 0 Å². The molecule has 1 aromatic heterocycles. The van der Waals surface area contributed by atoms with E-state index in [-0.39, 0.29) is 5.54 Å². The highest BCUT2D eigenvalue weighted by Crippen LogP contribution is 2.09. The van der Waals surface area contributed by atoms with E-state index < -0.39 is 0 Å². The second-order valence-corrected chi connectivity index (χ2v) is 5.88. The number of ether oxygens (including phenoxy) is 3. The molecule has 1 rings (SSSR count). The van der Waals surface area contributed by atoms with Crippen LogP contribution in [0.15, 0.2) is 18.2 Å². The molecule has 0 radical (unpaired) electrons. The molecule has 1 heterocycles. The van der Waals surface area contributed by atoms with Gasteiger partial charge in [-0.2, -0.15) is 0 Å². The summed E-state index contributed by atoms with van der Waals surface area (Å²) >= 11 is 0. The van der Waals surface area contributed by atoms with Crippen molar-refractivity contribution in [2.24, 2.45) is 0 Å². The average molecular weight is 296 g/mol. The molecular formula is C16H28N2O3. The van der Waals surface area contributed by atoms with Crippen LogP contribution in [0.4, 0.5) is 0 Å². The maximum Gasteiger partial charge on any atom is 0.213 e. The lowest BCUT2D eigenvalue weighted by Gasteiger charge is -2.20. The van der Waals surface area contributed by atoms with Gasteiger partial charge in [-0.15, -0.1) is 0 Å². The molecule has 0 amide bonds. The molecule has 0 aliphatic carbocycles. The Morgan fingerprint density at radius 2 is 1.90 bits per heavy atom. The third-order valence-corrected chi connectivity index (χ3v) is 2.70. The molecule has 0 bridgehead atoms. The third-order valence-electron chi connectivity index (χ3n) is 2.70. The van der Waals surface area contributed by atoms with E-state index in [1.54, 1.807) is 7.11 Å². The van der Waals surface area contributed by atoms with E-state index in [2.05, 4.69) is 31.1 Å². The van der Waals surface area contributed by atoms with Crippen LogP contribution >= 0.6 is 0 Å². The van der Waals surface area contributed by atoms with Crippen molar-refractivity contribution < 1.29 is 14.2 Å². The number of pyridine rings is 1. The van der Waals surface area contributed by atoms with Crippen molar-refractivity contribution in [3.63, 3.8) is 0 Å². The Balaban J connectivity index is 2.23. The fourth-order valence-corrected chi connectivity index (χ4v) is 1.60. The van der Waals surface area contributed by atoms with Gasteiger partial charge in [0.1, 0.15) is 6.61 Å². The molecule has 0 saturated heterocycles. The summed E-state index contributed by atoms with van der Waals surface area (Å²) in [6.07, 6.45) is 0.905. The number of hydrogen-bond donors (Lipinski definition) is 1. The predicted octanol–water partition coefficient (Wildman–Crippen LogP) is 2.40. The molecule has 1 aromatic rings. The summed E-state index contributed by atoms with van der Waals surface area (Å²) in [5.41, 5.74) is 1.05. The van der Waals surface area contributed by atoms with Crippen LogP contribution in [0.2, 0.25) is 0 Å². The first-order valence-electron chi connectivity index (χ1n) is 7.42. The molecule has 0 unspecified atom stereocenters. The molecule has 0 saturated carbocycles. The first-order valence-corrected chi connectivity index (χ1v) is 7.42. The minimum atomic E-state index is 0.0780. The average Bonchev–Trinajstić information content (AvgIpc) is 2.44. The summed E-state index contributed by atoms with van der Waals surface area (Å²) in [5, 5.41) is 3.41. The van der Waals surface area contributed by atoms with Gasteiger partial charge in [0.25, 0.3) is 0 Å². The molecule has 0 atom stereocenters. The van der Waals surface area contributed by atoms with E-state index in [0.717, 1.165) is 25.3 Å². The highest BCUT2D eigenvalue weighted by Gasteiger charge is 2.09. The molecule has 21 heavy (non-hydrogen) atoms. The molecule has 0 aliphatic heterocycles. The van der Waals surface area contributed by atoms with Crippen LogP contribution in [0.25, 0.3) is 0 Å². The van der Waals surface area contributed by atoms with Gasteiger partial charge >= 0.3 is 0 Å². The molecule has 0 aliphatic rings. The van der Waals surface area contributed by atoms with Gasteiger partial charge < -0.3 is 19.5 Å². The minimum Gasteiger partial charge on any atom is -0.475 e. The quantitative estimate of drug-likeness (QED) is 0.672. The third kappa shape index (κ3) is 9.39. The van der Waals surface area contributed by atoms with Gasteiger partial charge in [0, 0.05) is 38.5 Å². The maximum atomic E-state index is 5.59. The smallest absolute Gasteiger partial charge is 0.213 e. The van der Waals surface area contributed by atoms with Gasteiger partial charge in [-0.25, -0.2) is 4.98 Å². The fourth-order valence-electron chi connectivity index (χ4n) is 1.60. The Kier molecular flexibility index (Phi) is 8.27. The molecule has 0 aromatic carbocycles. The van der Waals surface area contributed by atoms with E-state index in [1.165, 1.54) is 0 Å². The van der Waals surface area contributed by atoms with Crippen LogP contribution in [0.3, 0.4) is 0 Å². The summed E-state index contributed by atoms with van der Waals surface area (Å²) in [7, 11) is 1.69. The van der Waals surface area contributed by atoms with Crippen molar-refractivity contribution in [1.29, 1.82) is 0 Å². The Labute approximate surface area is 128 Å². The molecule has 0 spiro atoms. The number of aromatic nitrogens is 1. The number of nitrogens with one attached hydrogen (secondary N) is 1. The van der Waals surface area contributed by atoms with Crippen molar-refractivity contribution in [1.82, 2.24) is 10.3 Å². The zero-order valence-corrected chi connectivity index (χ0v) is 13.6. The van der Waals surface area contributed by atoms with Crippen molar-refractivity contribution in [3.8, 4) is 5.88 Å². The normalized spacial score (nSPS) is 11.6. The van der Waals surface area contributed by atoms with Crippen molar-refractivity contribution >= 4 is 0 Å². The number of methoxy groups -OCH3 is 1. The van der Waals surface area contributed by atoms with Gasteiger partial charge in [0.2, 0.25) is 5.88 Å². The summed E-state index contributed by atoms with van der Waals surface area (Å²) < 4.78 is 16.0. The zero-order valence-electron chi connectivity index (χ0n) is 13.6. The maximum absolute atomic E-state index is 5.59. The van der Waals surface area contributed by atoms with Crippen LogP contribution in [0.5, 0.6) is 5.88 Å². The first-order chi connectivity index (χ1) is 10.0. The van der Waals surface area contributed by atoms with Gasteiger partial charge in [0.05, 0.1) is 12.3 Å². The van der Waals surface area contributed by atoms with Crippen LogP contribution in [-0.2, 0) is 16.0 Å². The van der Waals surface area contributed by atoms with Gasteiger partial charge in [-0.3, -0.25) is 0 Å². The van der Waals surface area contributed by atoms with Crippen LogP contribution in [0.1, 0.15) is 32.9 Å². The number of hydrogen-bond acceptors (Lipinski definition) is 5. The minimum absolute atomic E-state index is 0.0780.